The highest BCUT2D eigenvalue weighted by molar-refractivity contribution is 7.15. The van der Waals surface area contributed by atoms with Gasteiger partial charge in [0.15, 0.2) is 6.61 Å². The van der Waals surface area contributed by atoms with Gasteiger partial charge in [-0.15, -0.1) is 11.3 Å². The van der Waals surface area contributed by atoms with Crippen molar-refractivity contribution in [3.63, 3.8) is 0 Å². The van der Waals surface area contributed by atoms with E-state index in [-0.39, 0.29) is 11.5 Å². The second-order valence-corrected chi connectivity index (χ2v) is 7.12. The maximum atomic E-state index is 12.7. The molecule has 0 bridgehead atoms. The van der Waals surface area contributed by atoms with Crippen LogP contribution in [0.4, 0.5) is 5.00 Å². The van der Waals surface area contributed by atoms with Gasteiger partial charge in [-0.3, -0.25) is 25.2 Å². The van der Waals surface area contributed by atoms with Crippen molar-refractivity contribution >= 4 is 40.0 Å². The van der Waals surface area contributed by atoms with E-state index in [1.165, 1.54) is 24.3 Å². The molecule has 3 amide bonds. The molecule has 2 rings (SSSR count). The third-order valence-corrected chi connectivity index (χ3v) is 4.34. The SMILES string of the molecule is CC(=O)NNC(=O)COC(=O)c1c(-c2ccccc2)csc1NC(=O)C=C(C)C. The van der Waals surface area contributed by atoms with Gasteiger partial charge >= 0.3 is 5.97 Å². The van der Waals surface area contributed by atoms with Crippen LogP contribution in [0.3, 0.4) is 0 Å². The molecule has 1 aromatic heterocycles. The number of carbonyl (C=O) groups excluding carboxylic acids is 4. The summed E-state index contributed by atoms with van der Waals surface area (Å²) in [7, 11) is 0. The average molecular weight is 415 g/mol. The first kappa shape index (κ1) is 21.8. The van der Waals surface area contributed by atoms with Gasteiger partial charge in [0.25, 0.3) is 5.91 Å². The van der Waals surface area contributed by atoms with E-state index in [0.717, 1.165) is 11.1 Å². The summed E-state index contributed by atoms with van der Waals surface area (Å²) >= 11 is 1.18. The molecule has 152 valence electrons. The monoisotopic (exact) mass is 415 g/mol. The summed E-state index contributed by atoms with van der Waals surface area (Å²) in [6.45, 7) is 4.20. The molecule has 0 atom stereocenters. The Bertz CT molecular complexity index is 946. The normalized spacial score (nSPS) is 9.90. The lowest BCUT2D eigenvalue weighted by atomic mass is 10.0. The Morgan fingerprint density at radius 2 is 1.72 bits per heavy atom. The number of amides is 3. The van der Waals surface area contributed by atoms with Crippen molar-refractivity contribution in [2.45, 2.75) is 20.8 Å². The molecule has 0 spiro atoms. The van der Waals surface area contributed by atoms with E-state index in [1.54, 1.807) is 19.2 Å². The Morgan fingerprint density at radius 3 is 2.34 bits per heavy atom. The first-order valence-corrected chi connectivity index (χ1v) is 9.51. The Balaban J connectivity index is 2.26. The molecule has 2 aromatic rings. The summed E-state index contributed by atoms with van der Waals surface area (Å²) < 4.78 is 5.08. The first-order chi connectivity index (χ1) is 13.8. The van der Waals surface area contributed by atoms with Crippen LogP contribution in [-0.2, 0) is 19.1 Å². The molecule has 0 radical (unpaired) electrons. The predicted molar refractivity (Wildman–Crippen MR) is 110 cm³/mol. The quantitative estimate of drug-likeness (QED) is 0.381. The topological polar surface area (TPSA) is 114 Å². The van der Waals surface area contributed by atoms with Gasteiger partial charge in [-0.1, -0.05) is 35.9 Å². The standard InChI is InChI=1S/C20H21N3O5S/c1-12(2)9-16(25)21-19-18(15(11-29-19)14-7-5-4-6-8-14)20(27)28-10-17(26)23-22-13(3)24/h4-9,11H,10H2,1-3H3,(H,21,25)(H,22,24)(H,23,26). The number of allylic oxidation sites excluding steroid dienone is 1. The third-order valence-electron chi connectivity index (χ3n) is 3.45. The van der Waals surface area contributed by atoms with Crippen molar-refractivity contribution in [1.29, 1.82) is 0 Å². The van der Waals surface area contributed by atoms with Crippen LogP contribution in [0.15, 0.2) is 47.4 Å². The summed E-state index contributed by atoms with van der Waals surface area (Å²) in [5.74, 6) is -2.29. The van der Waals surface area contributed by atoms with Gasteiger partial charge in [0, 0.05) is 23.9 Å². The molecule has 9 heteroatoms. The number of hydrogen-bond acceptors (Lipinski definition) is 6. The van der Waals surface area contributed by atoms with Gasteiger partial charge in [0.05, 0.1) is 0 Å². The minimum atomic E-state index is -0.768. The summed E-state index contributed by atoms with van der Waals surface area (Å²) in [6.07, 6.45) is 1.41. The molecule has 8 nitrogen and oxygen atoms in total. The number of thiophene rings is 1. The van der Waals surface area contributed by atoms with Crippen LogP contribution in [0.2, 0.25) is 0 Å². The van der Waals surface area contributed by atoms with E-state index in [4.69, 9.17) is 4.74 Å². The van der Waals surface area contributed by atoms with Crippen molar-refractivity contribution in [3.05, 3.63) is 52.9 Å². The van der Waals surface area contributed by atoms with Gasteiger partial charge < -0.3 is 10.1 Å². The Morgan fingerprint density at radius 1 is 1.03 bits per heavy atom. The van der Waals surface area contributed by atoms with E-state index >= 15 is 0 Å². The van der Waals surface area contributed by atoms with Crippen LogP contribution < -0.4 is 16.2 Å². The zero-order valence-corrected chi connectivity index (χ0v) is 17.0. The van der Waals surface area contributed by atoms with Gasteiger partial charge in [0.1, 0.15) is 10.6 Å². The number of carbonyl (C=O) groups is 4. The van der Waals surface area contributed by atoms with E-state index in [2.05, 4.69) is 16.2 Å². The van der Waals surface area contributed by atoms with Crippen molar-refractivity contribution in [2.24, 2.45) is 0 Å². The summed E-state index contributed by atoms with van der Waals surface area (Å²) in [5.41, 5.74) is 6.52. The molecule has 0 aliphatic rings. The van der Waals surface area contributed by atoms with Crippen molar-refractivity contribution in [3.8, 4) is 11.1 Å². The summed E-state index contributed by atoms with van der Waals surface area (Å²) in [4.78, 5) is 47.3. The van der Waals surface area contributed by atoms with Crippen molar-refractivity contribution in [2.75, 3.05) is 11.9 Å². The maximum absolute atomic E-state index is 12.7. The number of rotatable bonds is 6. The fourth-order valence-corrected chi connectivity index (χ4v) is 3.25. The van der Waals surface area contributed by atoms with Crippen molar-refractivity contribution < 1.29 is 23.9 Å². The van der Waals surface area contributed by atoms with Crippen LogP contribution in [0, 0.1) is 0 Å². The molecule has 0 saturated carbocycles. The summed E-state index contributed by atoms with van der Waals surface area (Å²) in [6, 6.07) is 9.14. The third kappa shape index (κ3) is 6.58. The lowest BCUT2D eigenvalue weighted by Gasteiger charge is -2.10. The molecule has 3 N–H and O–H groups in total. The average Bonchev–Trinajstić information content (AvgIpc) is 3.07. The fraction of sp³-hybridized carbons (Fsp3) is 0.200. The molecule has 0 fully saturated rings. The molecule has 29 heavy (non-hydrogen) atoms. The van der Waals surface area contributed by atoms with Crippen LogP contribution in [0.5, 0.6) is 0 Å². The lowest BCUT2D eigenvalue weighted by molar-refractivity contribution is -0.129. The molecular formula is C20H21N3O5S. The molecular weight excluding hydrogens is 394 g/mol. The minimum absolute atomic E-state index is 0.157. The highest BCUT2D eigenvalue weighted by Gasteiger charge is 2.23. The Hall–Kier alpha value is -3.46. The second kappa shape index (κ2) is 10.2. The molecule has 0 aliphatic heterocycles. The Labute approximate surface area is 171 Å². The molecule has 1 heterocycles. The van der Waals surface area contributed by atoms with Crippen LogP contribution in [-0.4, -0.2) is 30.3 Å². The Kier molecular flexibility index (Phi) is 7.67. The van der Waals surface area contributed by atoms with E-state index in [9.17, 15) is 19.2 Å². The largest absolute Gasteiger partial charge is 0.452 e. The molecule has 0 unspecified atom stereocenters. The second-order valence-electron chi connectivity index (χ2n) is 6.24. The van der Waals surface area contributed by atoms with E-state index in [0.29, 0.717) is 10.6 Å². The molecule has 1 aromatic carbocycles. The number of esters is 1. The number of benzene rings is 1. The molecule has 0 saturated heterocycles. The van der Waals surface area contributed by atoms with Crippen LogP contribution in [0.1, 0.15) is 31.1 Å². The fourth-order valence-electron chi connectivity index (χ4n) is 2.29. The van der Waals surface area contributed by atoms with Gasteiger partial charge in [-0.2, -0.15) is 0 Å². The molecule has 0 aliphatic carbocycles. The highest BCUT2D eigenvalue weighted by Crippen LogP contribution is 2.36. The van der Waals surface area contributed by atoms with Crippen LogP contribution >= 0.6 is 11.3 Å². The smallest absolute Gasteiger partial charge is 0.342 e. The van der Waals surface area contributed by atoms with Gasteiger partial charge in [-0.05, 0) is 19.4 Å². The number of anilines is 1. The van der Waals surface area contributed by atoms with E-state index in [1.807, 2.05) is 30.3 Å². The number of nitrogens with one attached hydrogen (secondary N) is 3. The van der Waals surface area contributed by atoms with E-state index < -0.39 is 24.4 Å². The lowest BCUT2D eigenvalue weighted by Crippen LogP contribution is -2.42. The van der Waals surface area contributed by atoms with Crippen molar-refractivity contribution in [1.82, 2.24) is 10.9 Å². The minimum Gasteiger partial charge on any atom is -0.452 e. The highest BCUT2D eigenvalue weighted by atomic mass is 32.1. The zero-order chi connectivity index (χ0) is 21.4. The summed E-state index contributed by atoms with van der Waals surface area (Å²) in [5, 5.41) is 4.74. The zero-order valence-electron chi connectivity index (χ0n) is 16.2. The maximum Gasteiger partial charge on any atom is 0.342 e. The van der Waals surface area contributed by atoms with Crippen LogP contribution in [0.25, 0.3) is 11.1 Å². The first-order valence-electron chi connectivity index (χ1n) is 8.63. The number of hydrazine groups is 1. The van der Waals surface area contributed by atoms with Gasteiger partial charge in [0.2, 0.25) is 11.8 Å². The number of ether oxygens (including phenoxy) is 1. The number of hydrogen-bond donors (Lipinski definition) is 3. The predicted octanol–water partition coefficient (Wildman–Crippen LogP) is 2.64. The van der Waals surface area contributed by atoms with Gasteiger partial charge in [-0.25, -0.2) is 4.79 Å².